The van der Waals surface area contributed by atoms with Crippen LogP contribution in [0.1, 0.15) is 27.0 Å². The van der Waals surface area contributed by atoms with Gasteiger partial charge in [-0.3, -0.25) is 4.79 Å². The third kappa shape index (κ3) is 3.78. The number of carbonyl (C=O) groups excluding carboxylic acids is 1. The maximum Gasteiger partial charge on any atom is 0.232 e. The summed E-state index contributed by atoms with van der Waals surface area (Å²) in [5.41, 5.74) is 2.83. The molecular formula is C23H16ClFO3. The first-order chi connectivity index (χ1) is 13.5. The van der Waals surface area contributed by atoms with Crippen molar-refractivity contribution in [3.05, 3.63) is 99.5 Å². The first kappa shape index (κ1) is 18.3. The normalized spacial score (nSPS) is 14.1. The quantitative estimate of drug-likeness (QED) is 0.510. The zero-order valence-electron chi connectivity index (χ0n) is 15.0. The van der Waals surface area contributed by atoms with Gasteiger partial charge in [0.25, 0.3) is 0 Å². The number of hydrogen-bond donors (Lipinski definition) is 0. The number of carbonyl (C=O) groups is 1. The van der Waals surface area contributed by atoms with Crippen LogP contribution in [0.2, 0.25) is 5.02 Å². The number of rotatable bonds is 4. The Bertz CT molecular complexity index is 1090. The van der Waals surface area contributed by atoms with Crippen LogP contribution in [0.15, 0.2) is 66.4 Å². The second-order valence-electron chi connectivity index (χ2n) is 6.52. The number of ether oxygens (including phenoxy) is 2. The number of halogens is 2. The van der Waals surface area contributed by atoms with Crippen LogP contribution in [0.4, 0.5) is 4.39 Å². The summed E-state index contributed by atoms with van der Waals surface area (Å²) >= 11 is 5.90. The molecule has 0 bridgehead atoms. The van der Waals surface area contributed by atoms with Gasteiger partial charge >= 0.3 is 0 Å². The van der Waals surface area contributed by atoms with Gasteiger partial charge in [0, 0.05) is 11.1 Å². The number of allylic oxidation sites excluding steroid dienone is 1. The molecule has 3 nitrogen and oxygen atoms in total. The summed E-state index contributed by atoms with van der Waals surface area (Å²) in [6.07, 6.45) is 1.69. The molecule has 28 heavy (non-hydrogen) atoms. The molecule has 0 aliphatic carbocycles. The summed E-state index contributed by atoms with van der Waals surface area (Å²) in [6, 6.07) is 16.8. The molecule has 1 aliphatic rings. The number of fused-ring (bicyclic) bond motifs is 1. The standard InChI is InChI=1S/C23H16ClFO3/c1-14-9-19(27-13-16-3-2-4-18(25)10-16)12-20-22(14)23(26)21(28-20)11-15-5-7-17(24)8-6-15/h2-12H,13H2,1H3/b21-11-. The molecule has 1 heterocycles. The lowest BCUT2D eigenvalue weighted by atomic mass is 10.0. The van der Waals surface area contributed by atoms with Crippen molar-refractivity contribution in [3.8, 4) is 11.5 Å². The molecule has 4 rings (SSSR count). The number of aryl methyl sites for hydroxylation is 1. The number of ketones is 1. The molecule has 0 saturated carbocycles. The molecule has 3 aromatic rings. The van der Waals surface area contributed by atoms with Crippen molar-refractivity contribution in [3.63, 3.8) is 0 Å². The van der Waals surface area contributed by atoms with Crippen molar-refractivity contribution >= 4 is 23.5 Å². The van der Waals surface area contributed by atoms with Gasteiger partial charge in [0.15, 0.2) is 5.76 Å². The predicted octanol–water partition coefficient (Wildman–Crippen LogP) is 5.98. The first-order valence-electron chi connectivity index (χ1n) is 8.71. The second-order valence-corrected chi connectivity index (χ2v) is 6.96. The van der Waals surface area contributed by atoms with Gasteiger partial charge in [-0.2, -0.15) is 0 Å². The molecule has 3 aromatic carbocycles. The molecule has 0 aromatic heterocycles. The molecule has 0 saturated heterocycles. The third-order valence-corrected chi connectivity index (χ3v) is 4.66. The molecule has 5 heteroatoms. The van der Waals surface area contributed by atoms with Crippen molar-refractivity contribution in [1.29, 1.82) is 0 Å². The van der Waals surface area contributed by atoms with E-state index in [0.29, 0.717) is 22.1 Å². The van der Waals surface area contributed by atoms with Crippen LogP contribution in [-0.4, -0.2) is 5.78 Å². The summed E-state index contributed by atoms with van der Waals surface area (Å²) in [5, 5.41) is 0.625. The lowest BCUT2D eigenvalue weighted by Crippen LogP contribution is -2.00. The van der Waals surface area contributed by atoms with Crippen LogP contribution in [-0.2, 0) is 6.61 Å². The molecule has 1 aliphatic heterocycles. The highest BCUT2D eigenvalue weighted by Crippen LogP contribution is 2.37. The molecule has 0 N–H and O–H groups in total. The Morgan fingerprint density at radius 2 is 1.89 bits per heavy atom. The minimum Gasteiger partial charge on any atom is -0.489 e. The lowest BCUT2D eigenvalue weighted by Gasteiger charge is -2.09. The van der Waals surface area contributed by atoms with Gasteiger partial charge in [0.05, 0.1) is 5.56 Å². The Kier molecular flexibility index (Phi) is 4.88. The first-order valence-corrected chi connectivity index (χ1v) is 9.09. The van der Waals surface area contributed by atoms with Crippen molar-refractivity contribution < 1.29 is 18.7 Å². The third-order valence-electron chi connectivity index (χ3n) is 4.41. The second kappa shape index (κ2) is 7.49. The molecule has 0 atom stereocenters. The maximum absolute atomic E-state index is 13.3. The monoisotopic (exact) mass is 394 g/mol. The fourth-order valence-corrected chi connectivity index (χ4v) is 3.19. The smallest absolute Gasteiger partial charge is 0.232 e. The molecule has 140 valence electrons. The molecule has 0 fully saturated rings. The van der Waals surface area contributed by atoms with Crippen LogP contribution in [0.5, 0.6) is 11.5 Å². The van der Waals surface area contributed by atoms with Gasteiger partial charge in [-0.05, 0) is 60.0 Å². The minimum atomic E-state index is -0.308. The van der Waals surface area contributed by atoms with Gasteiger partial charge in [0.1, 0.15) is 23.9 Å². The maximum atomic E-state index is 13.3. The van der Waals surface area contributed by atoms with Crippen LogP contribution >= 0.6 is 11.6 Å². The Labute approximate surface area is 167 Å². The minimum absolute atomic E-state index is 0.167. The van der Waals surface area contributed by atoms with E-state index in [1.165, 1.54) is 12.1 Å². The van der Waals surface area contributed by atoms with E-state index in [4.69, 9.17) is 21.1 Å². The average Bonchev–Trinajstić information content (AvgIpc) is 2.98. The zero-order chi connectivity index (χ0) is 19.7. The Morgan fingerprint density at radius 3 is 2.64 bits per heavy atom. The highest BCUT2D eigenvalue weighted by atomic mass is 35.5. The van der Waals surface area contributed by atoms with Crippen molar-refractivity contribution in [2.45, 2.75) is 13.5 Å². The Hall–Kier alpha value is -3.11. The van der Waals surface area contributed by atoms with Crippen LogP contribution in [0, 0.1) is 12.7 Å². The van der Waals surface area contributed by atoms with Crippen molar-refractivity contribution in [2.24, 2.45) is 0 Å². The van der Waals surface area contributed by atoms with Crippen molar-refractivity contribution in [2.75, 3.05) is 0 Å². The summed E-state index contributed by atoms with van der Waals surface area (Å²) in [7, 11) is 0. The number of Topliss-reactive ketones (excluding diaryl/α,β-unsaturated/α-hetero) is 1. The van der Waals surface area contributed by atoms with Gasteiger partial charge in [-0.25, -0.2) is 4.39 Å². The molecular weight excluding hydrogens is 379 g/mol. The summed E-state index contributed by atoms with van der Waals surface area (Å²) in [6.45, 7) is 2.05. The van der Waals surface area contributed by atoms with Gasteiger partial charge in [-0.1, -0.05) is 35.9 Å². The topological polar surface area (TPSA) is 35.5 Å². The molecule has 0 spiro atoms. The largest absolute Gasteiger partial charge is 0.489 e. The molecule has 0 amide bonds. The predicted molar refractivity (Wildman–Crippen MR) is 106 cm³/mol. The van der Waals surface area contributed by atoms with Crippen molar-refractivity contribution in [1.82, 2.24) is 0 Å². The fourth-order valence-electron chi connectivity index (χ4n) is 3.06. The highest BCUT2D eigenvalue weighted by molar-refractivity contribution is 6.30. The fraction of sp³-hybridized carbons (Fsp3) is 0.0870. The highest BCUT2D eigenvalue weighted by Gasteiger charge is 2.30. The van der Waals surface area contributed by atoms with Gasteiger partial charge in [0.2, 0.25) is 5.78 Å². The van der Waals surface area contributed by atoms with E-state index in [0.717, 1.165) is 16.7 Å². The lowest BCUT2D eigenvalue weighted by molar-refractivity contribution is 0.101. The van der Waals surface area contributed by atoms with E-state index in [2.05, 4.69) is 0 Å². The Morgan fingerprint density at radius 1 is 1.11 bits per heavy atom. The molecule has 0 radical (unpaired) electrons. The molecule has 0 unspecified atom stereocenters. The summed E-state index contributed by atoms with van der Waals surface area (Å²) in [5.74, 6) is 0.791. The zero-order valence-corrected chi connectivity index (χ0v) is 15.8. The van der Waals surface area contributed by atoms with Gasteiger partial charge in [-0.15, -0.1) is 0 Å². The van der Waals surface area contributed by atoms with E-state index in [-0.39, 0.29) is 24.0 Å². The number of hydrogen-bond acceptors (Lipinski definition) is 3. The van der Waals surface area contributed by atoms with E-state index in [1.54, 1.807) is 42.5 Å². The Balaban J connectivity index is 1.56. The number of benzene rings is 3. The van der Waals surface area contributed by atoms with E-state index >= 15 is 0 Å². The van der Waals surface area contributed by atoms with E-state index < -0.39 is 0 Å². The van der Waals surface area contributed by atoms with Crippen LogP contribution in [0.3, 0.4) is 0 Å². The van der Waals surface area contributed by atoms with Gasteiger partial charge < -0.3 is 9.47 Å². The SMILES string of the molecule is Cc1cc(OCc2cccc(F)c2)cc2c1C(=O)/C(=C/c1ccc(Cl)cc1)O2. The van der Waals surface area contributed by atoms with E-state index in [1.807, 2.05) is 19.1 Å². The van der Waals surface area contributed by atoms with Crippen LogP contribution < -0.4 is 9.47 Å². The average molecular weight is 395 g/mol. The van der Waals surface area contributed by atoms with Crippen LogP contribution in [0.25, 0.3) is 6.08 Å². The summed E-state index contributed by atoms with van der Waals surface area (Å²) in [4.78, 5) is 12.7. The van der Waals surface area contributed by atoms with E-state index in [9.17, 15) is 9.18 Å². The summed E-state index contributed by atoms with van der Waals surface area (Å²) < 4.78 is 24.8.